The van der Waals surface area contributed by atoms with Crippen LogP contribution in [0.1, 0.15) is 46.5 Å². The molecule has 3 fully saturated rings. The normalized spacial score (nSPS) is 28.3. The smallest absolute Gasteiger partial charge is 0.410 e. The molecule has 0 unspecified atom stereocenters. The molecule has 4 nitrogen and oxygen atoms in total. The molecule has 0 aromatic heterocycles. The Bertz CT molecular complexity index is 346. The minimum Gasteiger partial charge on any atom is -0.444 e. The standard InChI is InChI=1S/C13H21NO3/c1-11(2,3)16-10(15)14-8-6-13(7-9-14)12(17-13)4-5-12/h4-9H2,1-3H3. The van der Waals surface area contributed by atoms with Gasteiger partial charge in [-0.05, 0) is 46.5 Å². The van der Waals surface area contributed by atoms with Gasteiger partial charge >= 0.3 is 6.09 Å². The first-order chi connectivity index (χ1) is 7.86. The molecule has 0 aromatic carbocycles. The first kappa shape index (κ1) is 11.3. The van der Waals surface area contributed by atoms with Crippen LogP contribution in [0.25, 0.3) is 0 Å². The minimum atomic E-state index is -0.403. The number of hydrogen-bond acceptors (Lipinski definition) is 3. The van der Waals surface area contributed by atoms with E-state index in [9.17, 15) is 4.79 Å². The Balaban J connectivity index is 1.53. The minimum absolute atomic E-state index is 0.130. The Hall–Kier alpha value is -0.770. The van der Waals surface area contributed by atoms with Crippen LogP contribution in [0, 0.1) is 0 Å². The maximum Gasteiger partial charge on any atom is 0.410 e. The first-order valence-electron chi connectivity index (χ1n) is 6.54. The molecule has 2 aliphatic heterocycles. The average Bonchev–Trinajstić information content (AvgIpc) is 3.07. The van der Waals surface area contributed by atoms with Gasteiger partial charge in [-0.25, -0.2) is 4.79 Å². The number of epoxide rings is 1. The second kappa shape index (κ2) is 3.16. The summed E-state index contributed by atoms with van der Waals surface area (Å²) >= 11 is 0. The summed E-state index contributed by atoms with van der Waals surface area (Å²) in [5.74, 6) is 0. The first-order valence-corrected chi connectivity index (χ1v) is 6.54. The number of carbonyl (C=O) groups excluding carboxylic acids is 1. The van der Waals surface area contributed by atoms with Crippen LogP contribution in [0.2, 0.25) is 0 Å². The summed E-state index contributed by atoms with van der Waals surface area (Å²) in [6.45, 7) is 7.26. The van der Waals surface area contributed by atoms with Gasteiger partial charge in [-0.1, -0.05) is 0 Å². The van der Waals surface area contributed by atoms with E-state index in [1.165, 1.54) is 12.8 Å². The lowest BCUT2D eigenvalue weighted by atomic mass is 9.92. The molecule has 2 spiro atoms. The van der Waals surface area contributed by atoms with Gasteiger partial charge in [0, 0.05) is 13.1 Å². The van der Waals surface area contributed by atoms with Crippen LogP contribution in [0.15, 0.2) is 0 Å². The third-order valence-corrected chi connectivity index (χ3v) is 4.11. The number of amides is 1. The fourth-order valence-corrected chi connectivity index (χ4v) is 2.95. The van der Waals surface area contributed by atoms with E-state index in [1.807, 2.05) is 25.7 Å². The number of fused-ring (bicyclic) bond motifs is 1. The predicted molar refractivity (Wildman–Crippen MR) is 62.8 cm³/mol. The van der Waals surface area contributed by atoms with Gasteiger partial charge in [0.1, 0.15) is 11.2 Å². The maximum absolute atomic E-state index is 11.9. The highest BCUT2D eigenvalue weighted by atomic mass is 16.6. The number of likely N-dealkylation sites (tertiary alicyclic amines) is 1. The van der Waals surface area contributed by atoms with Crippen molar-refractivity contribution < 1.29 is 14.3 Å². The maximum atomic E-state index is 11.9. The summed E-state index contributed by atoms with van der Waals surface area (Å²) in [6.07, 6.45) is 4.22. The van der Waals surface area contributed by atoms with E-state index in [4.69, 9.17) is 9.47 Å². The summed E-state index contributed by atoms with van der Waals surface area (Å²) in [4.78, 5) is 13.7. The summed E-state index contributed by atoms with van der Waals surface area (Å²) in [6, 6.07) is 0. The highest BCUT2D eigenvalue weighted by molar-refractivity contribution is 5.68. The van der Waals surface area contributed by atoms with Gasteiger partial charge in [-0.15, -0.1) is 0 Å². The van der Waals surface area contributed by atoms with Crippen molar-refractivity contribution in [3.63, 3.8) is 0 Å². The molecular weight excluding hydrogens is 218 g/mol. The summed E-state index contributed by atoms with van der Waals surface area (Å²) in [5, 5.41) is 0. The van der Waals surface area contributed by atoms with Crippen LogP contribution in [0.5, 0.6) is 0 Å². The zero-order chi connectivity index (χ0) is 12.3. The molecule has 0 radical (unpaired) electrons. The van der Waals surface area contributed by atoms with Crippen LogP contribution < -0.4 is 0 Å². The van der Waals surface area contributed by atoms with Crippen LogP contribution in [-0.2, 0) is 9.47 Å². The number of hydrogen-bond donors (Lipinski definition) is 0. The third kappa shape index (κ3) is 1.82. The monoisotopic (exact) mass is 239 g/mol. The fraction of sp³-hybridized carbons (Fsp3) is 0.923. The Morgan fingerprint density at radius 3 is 2.06 bits per heavy atom. The number of piperidine rings is 1. The van der Waals surface area contributed by atoms with Gasteiger partial charge in [0.15, 0.2) is 0 Å². The molecule has 0 bridgehead atoms. The summed E-state index contributed by atoms with van der Waals surface area (Å²) < 4.78 is 11.3. The highest BCUT2D eigenvalue weighted by Gasteiger charge is 2.76. The quantitative estimate of drug-likeness (QED) is 0.609. The lowest BCUT2D eigenvalue weighted by Gasteiger charge is -2.32. The van der Waals surface area contributed by atoms with E-state index >= 15 is 0 Å². The molecule has 0 aromatic rings. The molecule has 3 aliphatic rings. The Labute approximate surface area is 102 Å². The number of carbonyl (C=O) groups is 1. The largest absolute Gasteiger partial charge is 0.444 e. The molecule has 1 amide bonds. The van der Waals surface area contributed by atoms with E-state index in [0.29, 0.717) is 0 Å². The molecule has 17 heavy (non-hydrogen) atoms. The van der Waals surface area contributed by atoms with Gasteiger partial charge < -0.3 is 14.4 Å². The molecule has 96 valence electrons. The average molecular weight is 239 g/mol. The molecule has 2 saturated heterocycles. The topological polar surface area (TPSA) is 42.1 Å². The summed E-state index contributed by atoms with van der Waals surface area (Å²) in [5.41, 5.74) is -0.0292. The van der Waals surface area contributed by atoms with Gasteiger partial charge in [0.2, 0.25) is 0 Å². The van der Waals surface area contributed by atoms with Crippen LogP contribution >= 0.6 is 0 Å². The SMILES string of the molecule is CC(C)(C)OC(=O)N1CCC2(CC1)OC21CC1. The van der Waals surface area contributed by atoms with Crippen molar-refractivity contribution in [2.75, 3.05) is 13.1 Å². The Kier molecular flexibility index (Phi) is 2.11. The second-order valence-corrected chi connectivity index (χ2v) is 6.56. The molecule has 0 N–H and O–H groups in total. The Morgan fingerprint density at radius 1 is 1.12 bits per heavy atom. The zero-order valence-corrected chi connectivity index (χ0v) is 10.9. The van der Waals surface area contributed by atoms with Gasteiger partial charge in [-0.3, -0.25) is 0 Å². The zero-order valence-electron chi connectivity index (χ0n) is 10.9. The van der Waals surface area contributed by atoms with Gasteiger partial charge in [0.25, 0.3) is 0 Å². The fourth-order valence-electron chi connectivity index (χ4n) is 2.95. The second-order valence-electron chi connectivity index (χ2n) is 6.56. The molecule has 1 aliphatic carbocycles. The van der Waals surface area contributed by atoms with Crippen LogP contribution in [-0.4, -0.2) is 40.9 Å². The van der Waals surface area contributed by atoms with Crippen LogP contribution in [0.3, 0.4) is 0 Å². The van der Waals surface area contributed by atoms with E-state index in [-0.39, 0.29) is 17.3 Å². The van der Waals surface area contributed by atoms with E-state index in [2.05, 4.69) is 0 Å². The van der Waals surface area contributed by atoms with E-state index in [0.717, 1.165) is 25.9 Å². The van der Waals surface area contributed by atoms with E-state index < -0.39 is 5.60 Å². The van der Waals surface area contributed by atoms with Crippen molar-refractivity contribution in [2.24, 2.45) is 0 Å². The third-order valence-electron chi connectivity index (χ3n) is 4.11. The molecule has 4 heteroatoms. The van der Waals surface area contributed by atoms with Crippen LogP contribution in [0.4, 0.5) is 4.79 Å². The van der Waals surface area contributed by atoms with Crippen molar-refractivity contribution in [1.82, 2.24) is 4.90 Å². The number of rotatable bonds is 0. The van der Waals surface area contributed by atoms with Crippen molar-refractivity contribution in [2.45, 2.75) is 63.3 Å². The van der Waals surface area contributed by atoms with Crippen molar-refractivity contribution in [3.8, 4) is 0 Å². The van der Waals surface area contributed by atoms with Crippen molar-refractivity contribution in [1.29, 1.82) is 0 Å². The number of ether oxygens (including phenoxy) is 2. The molecular formula is C13H21NO3. The summed E-state index contributed by atoms with van der Waals surface area (Å²) in [7, 11) is 0. The lowest BCUT2D eigenvalue weighted by molar-refractivity contribution is 0.0165. The van der Waals surface area contributed by atoms with Crippen molar-refractivity contribution in [3.05, 3.63) is 0 Å². The predicted octanol–water partition coefficient (Wildman–Crippen LogP) is 2.32. The molecule has 3 rings (SSSR count). The van der Waals surface area contributed by atoms with Gasteiger partial charge in [0.05, 0.1) is 5.60 Å². The molecule has 0 atom stereocenters. The Morgan fingerprint density at radius 2 is 1.65 bits per heavy atom. The highest BCUT2D eigenvalue weighted by Crippen LogP contribution is 2.68. The van der Waals surface area contributed by atoms with Crippen molar-refractivity contribution >= 4 is 6.09 Å². The van der Waals surface area contributed by atoms with E-state index in [1.54, 1.807) is 0 Å². The molecule has 2 heterocycles. The lowest BCUT2D eigenvalue weighted by Crippen LogP contribution is -2.44. The molecule has 1 saturated carbocycles. The van der Waals surface area contributed by atoms with Gasteiger partial charge in [-0.2, -0.15) is 0 Å². The number of nitrogens with zero attached hydrogens (tertiary/aromatic N) is 1.